The van der Waals surface area contributed by atoms with Gasteiger partial charge in [0.25, 0.3) is 5.56 Å². The summed E-state index contributed by atoms with van der Waals surface area (Å²) >= 11 is 0. The molecule has 1 fully saturated rings. The Bertz CT molecular complexity index is 1020. The molecule has 0 spiro atoms. The van der Waals surface area contributed by atoms with E-state index in [1.165, 1.54) is 6.20 Å². The number of nitrogens with one attached hydrogen (secondary N) is 2. The smallest absolute Gasteiger partial charge is 0.396 e. The minimum atomic E-state index is -4.49. The molecule has 192 valence electrons. The van der Waals surface area contributed by atoms with E-state index >= 15 is 0 Å². The molecule has 3 rings (SSSR count). The minimum Gasteiger partial charge on any atom is -0.396 e. The van der Waals surface area contributed by atoms with Crippen LogP contribution in [-0.4, -0.2) is 88.1 Å². The maximum Gasteiger partial charge on any atom is 0.419 e. The second-order valence-corrected chi connectivity index (χ2v) is 8.05. The van der Waals surface area contributed by atoms with Gasteiger partial charge in [0.05, 0.1) is 43.1 Å². The van der Waals surface area contributed by atoms with Gasteiger partial charge in [-0.3, -0.25) is 9.59 Å². The molecule has 14 heteroatoms. The molecule has 0 aliphatic carbocycles. The molecule has 1 saturated heterocycles. The van der Waals surface area contributed by atoms with Crippen molar-refractivity contribution in [1.29, 1.82) is 0 Å². The molecule has 2 aromatic heterocycles. The standard InChI is InChI=1S/C21H28F3N7O4/c1-14-17(12-27-29-19(14)34)28-16(2-8-32)13-35-9-3-18(33)30-4-6-31(7-5-30)20-25-10-15(11-26-20)21(22,23)24/h10-12,16,32H,2-9,13H2,1H3,(H2,28,29,34)/t16-/m0/s1. The maximum absolute atomic E-state index is 12.7. The second-order valence-electron chi connectivity index (χ2n) is 8.05. The van der Waals surface area contributed by atoms with Crippen molar-refractivity contribution in [3.8, 4) is 0 Å². The lowest BCUT2D eigenvalue weighted by Gasteiger charge is -2.34. The second kappa shape index (κ2) is 11.9. The van der Waals surface area contributed by atoms with Gasteiger partial charge in [0.15, 0.2) is 0 Å². The van der Waals surface area contributed by atoms with Crippen LogP contribution in [0, 0.1) is 6.92 Å². The highest BCUT2D eigenvalue weighted by Gasteiger charge is 2.32. The highest BCUT2D eigenvalue weighted by atomic mass is 19.4. The van der Waals surface area contributed by atoms with Gasteiger partial charge in [-0.15, -0.1) is 0 Å². The number of rotatable bonds is 10. The average molecular weight is 499 g/mol. The number of nitrogens with zero attached hydrogens (tertiary/aromatic N) is 5. The fraction of sp³-hybridized carbons (Fsp3) is 0.571. The molecule has 0 unspecified atom stereocenters. The molecule has 3 N–H and O–H groups in total. The third-order valence-electron chi connectivity index (χ3n) is 5.60. The summed E-state index contributed by atoms with van der Waals surface area (Å²) in [5.41, 5.74) is -0.203. The summed E-state index contributed by atoms with van der Waals surface area (Å²) in [4.78, 5) is 35.2. The molecule has 2 aromatic rings. The molecule has 1 amide bonds. The number of H-pyrrole nitrogens is 1. The molecule has 0 aromatic carbocycles. The zero-order valence-electron chi connectivity index (χ0n) is 19.2. The van der Waals surface area contributed by atoms with Crippen LogP contribution in [0.3, 0.4) is 0 Å². The van der Waals surface area contributed by atoms with Crippen LogP contribution in [0.25, 0.3) is 0 Å². The average Bonchev–Trinajstić information content (AvgIpc) is 2.84. The number of aromatic nitrogens is 4. The predicted molar refractivity (Wildman–Crippen MR) is 120 cm³/mol. The van der Waals surface area contributed by atoms with Crippen molar-refractivity contribution >= 4 is 17.5 Å². The molecule has 3 heterocycles. The SMILES string of the molecule is Cc1c(N[C@@H](CCO)COCCC(=O)N2CCN(c3ncc(C(F)(F)F)cn3)CC2)cn[nH]c1=O. The monoisotopic (exact) mass is 499 g/mol. The first-order chi connectivity index (χ1) is 16.7. The molecular formula is C21H28F3N7O4. The van der Waals surface area contributed by atoms with Crippen molar-refractivity contribution in [2.24, 2.45) is 0 Å². The normalized spacial score (nSPS) is 15.2. The van der Waals surface area contributed by atoms with Gasteiger partial charge in [-0.25, -0.2) is 15.1 Å². The van der Waals surface area contributed by atoms with E-state index < -0.39 is 11.7 Å². The van der Waals surface area contributed by atoms with E-state index in [1.807, 2.05) is 0 Å². The molecule has 11 nitrogen and oxygen atoms in total. The van der Waals surface area contributed by atoms with Crippen molar-refractivity contribution in [3.63, 3.8) is 0 Å². The number of anilines is 2. The first-order valence-electron chi connectivity index (χ1n) is 11.1. The summed E-state index contributed by atoms with van der Waals surface area (Å²) in [7, 11) is 0. The summed E-state index contributed by atoms with van der Waals surface area (Å²) in [6.45, 7) is 3.58. The first-order valence-corrected chi connectivity index (χ1v) is 11.1. The Morgan fingerprint density at radius 2 is 1.91 bits per heavy atom. The van der Waals surface area contributed by atoms with Crippen LogP contribution in [0.5, 0.6) is 0 Å². The third-order valence-corrected chi connectivity index (χ3v) is 5.60. The number of aliphatic hydroxyl groups excluding tert-OH is 1. The fourth-order valence-electron chi connectivity index (χ4n) is 3.51. The van der Waals surface area contributed by atoms with Gasteiger partial charge in [-0.05, 0) is 13.3 Å². The highest BCUT2D eigenvalue weighted by Crippen LogP contribution is 2.28. The van der Waals surface area contributed by atoms with Crippen molar-refractivity contribution in [2.75, 3.05) is 56.2 Å². The predicted octanol–water partition coefficient (Wildman–Crippen LogP) is 0.806. The van der Waals surface area contributed by atoms with Crippen LogP contribution in [0.2, 0.25) is 0 Å². The molecule has 1 aliphatic rings. The minimum absolute atomic E-state index is 0.0808. The van der Waals surface area contributed by atoms with Gasteiger partial charge in [0.1, 0.15) is 0 Å². The largest absolute Gasteiger partial charge is 0.419 e. The summed E-state index contributed by atoms with van der Waals surface area (Å²) in [6, 6.07) is -0.273. The zero-order valence-corrected chi connectivity index (χ0v) is 19.2. The Kier molecular flexibility index (Phi) is 8.98. The van der Waals surface area contributed by atoms with E-state index in [0.717, 1.165) is 12.4 Å². The van der Waals surface area contributed by atoms with Crippen LogP contribution in [0.4, 0.5) is 24.8 Å². The number of alkyl halides is 3. The van der Waals surface area contributed by atoms with E-state index in [9.17, 15) is 27.9 Å². The zero-order chi connectivity index (χ0) is 25.4. The molecule has 0 saturated carbocycles. The summed E-state index contributed by atoms with van der Waals surface area (Å²) in [6.07, 6.45) is -0.952. The van der Waals surface area contributed by atoms with Crippen molar-refractivity contribution in [1.82, 2.24) is 25.1 Å². The number of amides is 1. The van der Waals surface area contributed by atoms with Gasteiger partial charge in [0.2, 0.25) is 11.9 Å². The van der Waals surface area contributed by atoms with Gasteiger partial charge in [-0.2, -0.15) is 18.3 Å². The van der Waals surface area contributed by atoms with Gasteiger partial charge >= 0.3 is 6.18 Å². The Balaban J connectivity index is 1.40. The lowest BCUT2D eigenvalue weighted by Crippen LogP contribution is -2.49. The van der Waals surface area contributed by atoms with Crippen LogP contribution in [0.1, 0.15) is 24.0 Å². The van der Waals surface area contributed by atoms with Gasteiger partial charge in [0, 0.05) is 50.7 Å². The van der Waals surface area contributed by atoms with Crippen LogP contribution in [-0.2, 0) is 15.7 Å². The quantitative estimate of drug-likeness (QED) is 0.406. The number of ether oxygens (including phenoxy) is 1. The first kappa shape index (κ1) is 26.3. The third kappa shape index (κ3) is 7.36. The number of aliphatic hydroxyl groups is 1. The van der Waals surface area contributed by atoms with Gasteiger partial charge < -0.3 is 25.0 Å². The summed E-state index contributed by atoms with van der Waals surface area (Å²) < 4.78 is 43.6. The van der Waals surface area contributed by atoms with E-state index in [0.29, 0.717) is 43.9 Å². The Morgan fingerprint density at radius 1 is 1.23 bits per heavy atom. The Labute approximate surface area is 199 Å². The van der Waals surface area contributed by atoms with Crippen molar-refractivity contribution in [2.45, 2.75) is 32.0 Å². The van der Waals surface area contributed by atoms with E-state index in [4.69, 9.17) is 4.74 Å². The summed E-state index contributed by atoms with van der Waals surface area (Å²) in [5.74, 6) is 0.0981. The highest BCUT2D eigenvalue weighted by molar-refractivity contribution is 5.76. The Hall–Kier alpha value is -3.26. The maximum atomic E-state index is 12.7. The van der Waals surface area contributed by atoms with Gasteiger partial charge in [-0.1, -0.05) is 0 Å². The summed E-state index contributed by atoms with van der Waals surface area (Å²) in [5, 5.41) is 18.5. The van der Waals surface area contributed by atoms with Crippen LogP contribution >= 0.6 is 0 Å². The lowest BCUT2D eigenvalue weighted by molar-refractivity contribution is -0.138. The van der Waals surface area contributed by atoms with Crippen LogP contribution in [0.15, 0.2) is 23.4 Å². The number of piperazine rings is 1. The van der Waals surface area contributed by atoms with Crippen molar-refractivity contribution in [3.05, 3.63) is 40.1 Å². The number of hydrogen-bond acceptors (Lipinski definition) is 9. The lowest BCUT2D eigenvalue weighted by atomic mass is 10.2. The van der Waals surface area contributed by atoms with Crippen molar-refractivity contribution < 1.29 is 27.8 Å². The van der Waals surface area contributed by atoms with E-state index in [2.05, 4.69) is 25.5 Å². The number of carbonyl (C=O) groups is 1. The number of halogens is 3. The molecule has 0 bridgehead atoms. The molecule has 1 atom stereocenters. The Morgan fingerprint density at radius 3 is 2.54 bits per heavy atom. The number of carbonyl (C=O) groups excluding carboxylic acids is 1. The number of aromatic amines is 1. The molecule has 35 heavy (non-hydrogen) atoms. The van der Waals surface area contributed by atoms with E-state index in [1.54, 1.807) is 16.7 Å². The van der Waals surface area contributed by atoms with Crippen LogP contribution < -0.4 is 15.8 Å². The molecular weight excluding hydrogens is 471 g/mol. The molecule has 1 aliphatic heterocycles. The number of hydrogen-bond donors (Lipinski definition) is 3. The fourth-order valence-corrected chi connectivity index (χ4v) is 3.51. The topological polar surface area (TPSA) is 137 Å². The molecule has 0 radical (unpaired) electrons. The van der Waals surface area contributed by atoms with E-state index in [-0.39, 0.29) is 49.7 Å².